The van der Waals surface area contributed by atoms with E-state index in [1.165, 1.54) is 12.1 Å². The van der Waals surface area contributed by atoms with Crippen LogP contribution in [0.3, 0.4) is 0 Å². The fourth-order valence-electron chi connectivity index (χ4n) is 2.75. The number of carbonyl (C=O) groups excluding carboxylic acids is 1. The van der Waals surface area contributed by atoms with Crippen LogP contribution in [0.15, 0.2) is 29.2 Å². The summed E-state index contributed by atoms with van der Waals surface area (Å²) < 4.78 is 47.7. The van der Waals surface area contributed by atoms with E-state index in [9.17, 15) is 22.0 Å². The molecule has 0 aliphatic carbocycles. The smallest absolute Gasteiger partial charge is 0.336 e. The van der Waals surface area contributed by atoms with Gasteiger partial charge in [-0.1, -0.05) is 6.92 Å². The number of hydrogen-bond donors (Lipinski definition) is 0. The lowest BCUT2D eigenvalue weighted by Crippen LogP contribution is -2.43. The lowest BCUT2D eigenvalue weighted by atomic mass is 9.99. The van der Waals surface area contributed by atoms with Gasteiger partial charge in [-0.3, -0.25) is 4.79 Å². The summed E-state index contributed by atoms with van der Waals surface area (Å²) in [7, 11) is -4.62. The minimum Gasteiger partial charge on any atom is -0.336 e. The lowest BCUT2D eigenvalue weighted by molar-refractivity contribution is 0.0608. The highest BCUT2D eigenvalue weighted by Gasteiger charge is 2.28. The third-order valence-corrected chi connectivity index (χ3v) is 5.42. The van der Waals surface area contributed by atoms with E-state index in [-0.39, 0.29) is 11.9 Å². The van der Waals surface area contributed by atoms with Crippen LogP contribution in [0.4, 0.5) is 8.78 Å². The third kappa shape index (κ3) is 3.29. The summed E-state index contributed by atoms with van der Waals surface area (Å²) in [6.45, 7) is 2.70. The molecule has 1 aromatic rings. The predicted octanol–water partition coefficient (Wildman–Crippen LogP) is 3.09. The molecular weight excluding hydrogens is 312 g/mol. The van der Waals surface area contributed by atoms with Crippen LogP contribution in [0.2, 0.25) is 0 Å². The van der Waals surface area contributed by atoms with E-state index in [1.807, 2.05) is 6.92 Å². The van der Waals surface area contributed by atoms with Crippen molar-refractivity contribution in [1.29, 1.82) is 0 Å². The predicted molar refractivity (Wildman–Crippen MR) is 78.6 cm³/mol. The maximum atomic E-state index is 12.5. The quantitative estimate of drug-likeness (QED) is 0.852. The third-order valence-electron chi connectivity index (χ3n) is 4.02. The molecule has 0 radical (unpaired) electrons. The van der Waals surface area contributed by atoms with Crippen molar-refractivity contribution in [2.45, 2.75) is 49.3 Å². The van der Waals surface area contributed by atoms with Crippen LogP contribution >= 0.6 is 0 Å². The summed E-state index contributed by atoms with van der Waals surface area (Å²) >= 11 is 0. The van der Waals surface area contributed by atoms with E-state index in [0.717, 1.165) is 37.8 Å². The van der Waals surface area contributed by atoms with Gasteiger partial charge in [-0.05, 0) is 49.9 Å². The minimum absolute atomic E-state index is 0.174. The first-order valence-corrected chi connectivity index (χ1v) is 8.85. The second-order valence-corrected chi connectivity index (χ2v) is 7.30. The Kier molecular flexibility index (Phi) is 5.16. The fraction of sp³-hybridized carbons (Fsp3) is 0.533. The zero-order chi connectivity index (χ0) is 16.3. The van der Waals surface area contributed by atoms with Crippen LogP contribution < -0.4 is 0 Å². The van der Waals surface area contributed by atoms with Crippen molar-refractivity contribution in [2.75, 3.05) is 6.54 Å². The summed E-state index contributed by atoms with van der Waals surface area (Å²) in [4.78, 5) is 13.8. The highest BCUT2D eigenvalue weighted by molar-refractivity contribution is 7.91. The van der Waals surface area contributed by atoms with Crippen LogP contribution in [0, 0.1) is 0 Å². The van der Waals surface area contributed by atoms with Gasteiger partial charge >= 0.3 is 5.76 Å². The Labute approximate surface area is 129 Å². The molecule has 22 heavy (non-hydrogen) atoms. The molecule has 0 saturated carbocycles. The monoisotopic (exact) mass is 331 g/mol. The van der Waals surface area contributed by atoms with Gasteiger partial charge < -0.3 is 4.90 Å². The molecule has 1 amide bonds. The topological polar surface area (TPSA) is 54.5 Å². The molecule has 1 unspecified atom stereocenters. The van der Waals surface area contributed by atoms with Crippen LogP contribution in [0.25, 0.3) is 0 Å². The standard InChI is InChI=1S/C15H19F2NO3S/c1-2-12-5-3-4-10-18(12)14(19)11-6-8-13(9-7-11)22(20,21)15(16)17/h6-9,12,15H,2-5,10H2,1H3. The SMILES string of the molecule is CCC1CCCCN1C(=O)c1ccc(S(=O)(=O)C(F)F)cc1. The molecule has 1 saturated heterocycles. The molecule has 0 bridgehead atoms. The molecule has 1 aromatic carbocycles. The summed E-state index contributed by atoms with van der Waals surface area (Å²) in [5.74, 6) is -3.63. The number of nitrogens with zero attached hydrogens (tertiary/aromatic N) is 1. The number of amides is 1. The molecule has 0 aromatic heterocycles. The number of rotatable bonds is 4. The van der Waals surface area contributed by atoms with E-state index in [2.05, 4.69) is 0 Å². The highest BCUT2D eigenvalue weighted by Crippen LogP contribution is 2.23. The van der Waals surface area contributed by atoms with Gasteiger partial charge in [0.1, 0.15) is 0 Å². The Hall–Kier alpha value is -1.50. The molecule has 1 aliphatic rings. The first-order valence-electron chi connectivity index (χ1n) is 7.31. The van der Waals surface area contributed by atoms with Crippen molar-refractivity contribution >= 4 is 15.7 Å². The Morgan fingerprint density at radius 3 is 2.45 bits per heavy atom. The minimum atomic E-state index is -4.62. The maximum absolute atomic E-state index is 12.5. The van der Waals surface area contributed by atoms with Crippen molar-refractivity contribution in [1.82, 2.24) is 4.90 Å². The lowest BCUT2D eigenvalue weighted by Gasteiger charge is -2.35. The summed E-state index contributed by atoms with van der Waals surface area (Å²) in [5.41, 5.74) is 0.327. The van der Waals surface area contributed by atoms with Crippen LogP contribution in [-0.2, 0) is 9.84 Å². The number of piperidine rings is 1. The van der Waals surface area contributed by atoms with Crippen LogP contribution in [0.1, 0.15) is 43.0 Å². The molecule has 7 heteroatoms. The molecule has 1 heterocycles. The zero-order valence-electron chi connectivity index (χ0n) is 12.3. The average Bonchev–Trinajstić information content (AvgIpc) is 2.54. The molecule has 4 nitrogen and oxygen atoms in total. The Morgan fingerprint density at radius 1 is 1.27 bits per heavy atom. The Morgan fingerprint density at radius 2 is 1.91 bits per heavy atom. The van der Waals surface area contributed by atoms with Gasteiger partial charge in [-0.25, -0.2) is 8.42 Å². The number of hydrogen-bond acceptors (Lipinski definition) is 3. The molecule has 1 atom stereocenters. The molecule has 0 N–H and O–H groups in total. The Balaban J connectivity index is 2.21. The average molecular weight is 331 g/mol. The second kappa shape index (κ2) is 6.73. The normalized spacial score (nSPS) is 19.5. The number of likely N-dealkylation sites (tertiary alicyclic amines) is 1. The van der Waals surface area contributed by atoms with Gasteiger partial charge in [0.25, 0.3) is 5.91 Å². The van der Waals surface area contributed by atoms with Crippen molar-refractivity contribution in [3.8, 4) is 0 Å². The number of benzene rings is 1. The van der Waals surface area contributed by atoms with Crippen molar-refractivity contribution in [3.63, 3.8) is 0 Å². The van der Waals surface area contributed by atoms with E-state index < -0.39 is 20.5 Å². The van der Waals surface area contributed by atoms with Crippen LogP contribution in [0.5, 0.6) is 0 Å². The maximum Gasteiger partial charge on any atom is 0.341 e. The first kappa shape index (κ1) is 16.9. The molecule has 0 spiro atoms. The number of halogens is 2. The van der Waals surface area contributed by atoms with Crippen molar-refractivity contribution < 1.29 is 22.0 Å². The summed E-state index contributed by atoms with van der Waals surface area (Å²) in [6.07, 6.45) is 3.86. The molecule has 1 fully saturated rings. The van der Waals surface area contributed by atoms with Gasteiger partial charge in [0.05, 0.1) is 4.90 Å². The van der Waals surface area contributed by atoms with Gasteiger partial charge in [-0.15, -0.1) is 0 Å². The first-order chi connectivity index (χ1) is 10.4. The van der Waals surface area contributed by atoms with E-state index >= 15 is 0 Å². The van der Waals surface area contributed by atoms with Crippen LogP contribution in [-0.4, -0.2) is 37.6 Å². The molecular formula is C15H19F2NO3S. The van der Waals surface area contributed by atoms with Crippen molar-refractivity contribution in [3.05, 3.63) is 29.8 Å². The molecule has 1 aliphatic heterocycles. The van der Waals surface area contributed by atoms with E-state index in [0.29, 0.717) is 12.1 Å². The van der Waals surface area contributed by atoms with Gasteiger partial charge in [0.15, 0.2) is 0 Å². The summed E-state index contributed by atoms with van der Waals surface area (Å²) in [5, 5.41) is 0. The van der Waals surface area contributed by atoms with E-state index in [4.69, 9.17) is 0 Å². The van der Waals surface area contributed by atoms with Gasteiger partial charge in [0, 0.05) is 18.2 Å². The summed E-state index contributed by atoms with van der Waals surface area (Å²) in [6, 6.07) is 4.93. The van der Waals surface area contributed by atoms with E-state index in [1.54, 1.807) is 4.90 Å². The number of carbonyl (C=O) groups is 1. The number of alkyl halides is 2. The largest absolute Gasteiger partial charge is 0.341 e. The second-order valence-electron chi connectivity index (χ2n) is 5.39. The fourth-order valence-corrected chi connectivity index (χ4v) is 3.47. The highest BCUT2D eigenvalue weighted by atomic mass is 32.2. The van der Waals surface area contributed by atoms with Gasteiger partial charge in [-0.2, -0.15) is 8.78 Å². The molecule has 122 valence electrons. The van der Waals surface area contributed by atoms with Gasteiger partial charge in [0.2, 0.25) is 9.84 Å². The zero-order valence-corrected chi connectivity index (χ0v) is 13.2. The Bertz CT molecular complexity index is 629. The number of sulfone groups is 1. The van der Waals surface area contributed by atoms with Crippen molar-refractivity contribution in [2.24, 2.45) is 0 Å². The molecule has 2 rings (SSSR count).